The molecule has 0 saturated carbocycles. The van der Waals surface area contributed by atoms with Gasteiger partial charge in [0, 0.05) is 25.7 Å². The van der Waals surface area contributed by atoms with Crippen molar-refractivity contribution >= 4 is 35.4 Å². The second kappa shape index (κ2) is 19.5. The summed E-state index contributed by atoms with van der Waals surface area (Å²) in [5, 5.41) is 5.40. The molecule has 232 valence electrons. The Balaban J connectivity index is 1.44. The quantitative estimate of drug-likeness (QED) is 0.113. The fourth-order valence-corrected chi connectivity index (χ4v) is 4.78. The molecule has 0 aliphatic carbocycles. The summed E-state index contributed by atoms with van der Waals surface area (Å²) in [5.41, 5.74) is 0. The summed E-state index contributed by atoms with van der Waals surface area (Å²) in [6.07, 6.45) is 18.8. The van der Waals surface area contributed by atoms with E-state index in [1.165, 1.54) is 9.80 Å². The van der Waals surface area contributed by atoms with E-state index in [0.717, 1.165) is 64.2 Å². The number of carbonyl (C=O) groups is 6. The number of β-lactam (4-membered cyclic amide) rings is 2. The molecule has 10 heteroatoms. The van der Waals surface area contributed by atoms with E-state index < -0.39 is 12.1 Å². The van der Waals surface area contributed by atoms with Crippen LogP contribution in [0.5, 0.6) is 0 Å². The normalized spacial score (nSPS) is 17.9. The molecule has 0 aromatic heterocycles. The molecule has 2 fully saturated rings. The van der Waals surface area contributed by atoms with Crippen molar-refractivity contribution in [3.8, 4) is 0 Å². The molecule has 6 amide bonds. The minimum atomic E-state index is -0.586. The fourth-order valence-electron chi connectivity index (χ4n) is 4.78. The number of hydrogen-bond acceptors (Lipinski definition) is 6. The Morgan fingerprint density at radius 3 is 1.31 bits per heavy atom. The standard InChI is InChI=1S/C32H48N4O6/c1-3-5-7-15-19-27(37)33-25-23-35(31(25)41)29(39)21-17-13-11-9-10-12-14-18-22-30(40)36-24-26(32(36)42)34-28(38)20-16-8-6-4-2/h3-4,9-10,25-26H,1-2,5-8,11-24H2,(H,33,37)(H,34,38)/b10-9+/t25-,26-/m0/s1. The Morgan fingerprint density at radius 2 is 0.952 bits per heavy atom. The zero-order chi connectivity index (χ0) is 30.7. The largest absolute Gasteiger partial charge is 0.343 e. The predicted molar refractivity (Wildman–Crippen MR) is 161 cm³/mol. The van der Waals surface area contributed by atoms with Crippen molar-refractivity contribution in [2.45, 2.75) is 115 Å². The Hall–Kier alpha value is -3.56. The van der Waals surface area contributed by atoms with Gasteiger partial charge in [-0.25, -0.2) is 0 Å². The second-order valence-corrected chi connectivity index (χ2v) is 11.0. The monoisotopic (exact) mass is 584 g/mol. The third-order valence-electron chi connectivity index (χ3n) is 7.44. The Morgan fingerprint density at radius 1 is 0.595 bits per heavy atom. The maximum atomic E-state index is 12.3. The van der Waals surface area contributed by atoms with Gasteiger partial charge in [-0.05, 0) is 77.0 Å². The zero-order valence-electron chi connectivity index (χ0n) is 25.0. The van der Waals surface area contributed by atoms with Gasteiger partial charge in [0.05, 0.1) is 13.1 Å². The average molecular weight is 585 g/mol. The molecule has 2 atom stereocenters. The van der Waals surface area contributed by atoms with Crippen LogP contribution in [0.1, 0.15) is 103 Å². The number of nitrogens with one attached hydrogen (secondary N) is 2. The highest BCUT2D eigenvalue weighted by atomic mass is 16.2. The Labute approximate surface area is 250 Å². The third kappa shape index (κ3) is 12.1. The summed E-state index contributed by atoms with van der Waals surface area (Å²) in [5.74, 6) is -1.36. The van der Waals surface area contributed by atoms with Crippen LogP contribution >= 0.6 is 0 Å². The molecule has 10 nitrogen and oxygen atoms in total. The number of carbonyl (C=O) groups excluding carboxylic acids is 6. The summed E-state index contributed by atoms with van der Waals surface area (Å²) < 4.78 is 0. The lowest BCUT2D eigenvalue weighted by Crippen LogP contribution is -2.65. The van der Waals surface area contributed by atoms with Crippen molar-refractivity contribution in [3.63, 3.8) is 0 Å². The van der Waals surface area contributed by atoms with Crippen molar-refractivity contribution in [1.82, 2.24) is 20.4 Å². The van der Waals surface area contributed by atoms with Crippen LogP contribution in [0.25, 0.3) is 0 Å². The van der Waals surface area contributed by atoms with Gasteiger partial charge in [0.1, 0.15) is 12.1 Å². The molecule has 0 aromatic rings. The molecule has 0 spiro atoms. The number of amides is 6. The van der Waals surface area contributed by atoms with Crippen LogP contribution in [0.2, 0.25) is 0 Å². The summed E-state index contributed by atoms with van der Waals surface area (Å²) in [7, 11) is 0. The van der Waals surface area contributed by atoms with Gasteiger partial charge in [0.2, 0.25) is 23.6 Å². The van der Waals surface area contributed by atoms with E-state index in [1.807, 2.05) is 12.2 Å². The fraction of sp³-hybridized carbons (Fsp3) is 0.625. The molecule has 2 heterocycles. The van der Waals surface area contributed by atoms with Crippen LogP contribution in [-0.2, 0) is 28.8 Å². The van der Waals surface area contributed by atoms with Crippen LogP contribution in [0.4, 0.5) is 0 Å². The van der Waals surface area contributed by atoms with E-state index in [9.17, 15) is 28.8 Å². The van der Waals surface area contributed by atoms with Crippen molar-refractivity contribution < 1.29 is 28.8 Å². The highest BCUT2D eigenvalue weighted by molar-refractivity contribution is 6.05. The van der Waals surface area contributed by atoms with Crippen LogP contribution in [0.3, 0.4) is 0 Å². The molecule has 0 bridgehead atoms. The van der Waals surface area contributed by atoms with Gasteiger partial charge in [-0.3, -0.25) is 38.6 Å². The first kappa shape index (κ1) is 34.6. The minimum absolute atomic E-state index is 0.157. The van der Waals surface area contributed by atoms with Crippen LogP contribution in [-0.4, -0.2) is 70.4 Å². The van der Waals surface area contributed by atoms with Gasteiger partial charge in [-0.1, -0.05) is 24.3 Å². The van der Waals surface area contributed by atoms with E-state index in [4.69, 9.17) is 0 Å². The molecule has 2 N–H and O–H groups in total. The van der Waals surface area contributed by atoms with E-state index in [0.29, 0.717) is 38.5 Å². The van der Waals surface area contributed by atoms with Crippen molar-refractivity contribution in [2.75, 3.05) is 13.1 Å². The second-order valence-electron chi connectivity index (χ2n) is 11.0. The number of likely N-dealkylation sites (tertiary alicyclic amines) is 2. The topological polar surface area (TPSA) is 133 Å². The van der Waals surface area contributed by atoms with Gasteiger partial charge in [0.25, 0.3) is 11.8 Å². The van der Waals surface area contributed by atoms with E-state index in [-0.39, 0.29) is 48.5 Å². The third-order valence-corrected chi connectivity index (χ3v) is 7.44. The molecule has 0 aromatic carbocycles. The van der Waals surface area contributed by atoms with Crippen molar-refractivity contribution in [1.29, 1.82) is 0 Å². The number of allylic oxidation sites excluding steroid dienone is 4. The van der Waals surface area contributed by atoms with Gasteiger partial charge in [0.15, 0.2) is 0 Å². The zero-order valence-corrected chi connectivity index (χ0v) is 25.0. The first-order chi connectivity index (χ1) is 20.3. The molecule has 2 aliphatic heterocycles. The Kier molecular flexibility index (Phi) is 16.1. The first-order valence-electron chi connectivity index (χ1n) is 15.4. The van der Waals surface area contributed by atoms with Crippen LogP contribution in [0.15, 0.2) is 37.5 Å². The van der Waals surface area contributed by atoms with Gasteiger partial charge in [-0.2, -0.15) is 0 Å². The number of hydrogen-bond donors (Lipinski definition) is 2. The van der Waals surface area contributed by atoms with Crippen molar-refractivity contribution in [2.24, 2.45) is 0 Å². The summed E-state index contributed by atoms with van der Waals surface area (Å²) in [6.45, 7) is 7.79. The van der Waals surface area contributed by atoms with Gasteiger partial charge in [-0.15, -0.1) is 13.2 Å². The van der Waals surface area contributed by atoms with Crippen molar-refractivity contribution in [3.05, 3.63) is 37.5 Å². The van der Waals surface area contributed by atoms with E-state index in [1.54, 1.807) is 0 Å². The SMILES string of the molecule is C=CCCCCC(=O)N[C@H]1CN(C(=O)CCCC/C=C/CCCCC(=O)N2C[C@H](NC(=O)CCCCC=C)C2=O)C1=O. The molecule has 0 unspecified atom stereocenters. The molecule has 2 aliphatic rings. The maximum Gasteiger partial charge on any atom is 0.253 e. The number of nitrogens with zero attached hydrogens (tertiary/aromatic N) is 2. The lowest BCUT2D eigenvalue weighted by Gasteiger charge is -2.37. The number of rotatable bonds is 22. The summed E-state index contributed by atoms with van der Waals surface area (Å²) in [6, 6.07) is -1.17. The highest BCUT2D eigenvalue weighted by Crippen LogP contribution is 2.16. The first-order valence-corrected chi connectivity index (χ1v) is 15.4. The molecule has 42 heavy (non-hydrogen) atoms. The number of imide groups is 2. The van der Waals surface area contributed by atoms with Crippen LogP contribution in [0, 0.1) is 0 Å². The van der Waals surface area contributed by atoms with Crippen LogP contribution < -0.4 is 10.6 Å². The molecule has 2 saturated heterocycles. The molecular formula is C32H48N4O6. The molecule has 0 radical (unpaired) electrons. The Bertz CT molecular complexity index is 929. The average Bonchev–Trinajstić information content (AvgIpc) is 2.97. The summed E-state index contributed by atoms with van der Waals surface area (Å²) >= 11 is 0. The summed E-state index contributed by atoms with van der Waals surface area (Å²) in [4.78, 5) is 75.2. The minimum Gasteiger partial charge on any atom is -0.343 e. The van der Waals surface area contributed by atoms with E-state index >= 15 is 0 Å². The molecule has 2 rings (SSSR count). The lowest BCUT2D eigenvalue weighted by molar-refractivity contribution is -0.158. The van der Waals surface area contributed by atoms with E-state index in [2.05, 4.69) is 35.9 Å². The maximum absolute atomic E-state index is 12.3. The van der Waals surface area contributed by atoms with Gasteiger partial charge >= 0.3 is 0 Å². The highest BCUT2D eigenvalue weighted by Gasteiger charge is 2.41. The lowest BCUT2D eigenvalue weighted by atomic mass is 10.0. The smallest absolute Gasteiger partial charge is 0.253 e. The van der Waals surface area contributed by atoms with Gasteiger partial charge < -0.3 is 10.6 Å². The molecular weight excluding hydrogens is 536 g/mol. The predicted octanol–water partition coefficient (Wildman–Crippen LogP) is 3.86. The number of unbranched alkanes of at least 4 members (excludes halogenated alkanes) is 8.